The third-order valence-corrected chi connectivity index (χ3v) is 3.02. The van der Waals surface area contributed by atoms with Crippen molar-refractivity contribution in [1.82, 2.24) is 15.1 Å². The lowest BCUT2D eigenvalue weighted by Crippen LogP contribution is -2.30. The summed E-state index contributed by atoms with van der Waals surface area (Å²) in [6.45, 7) is 1.75. The molecule has 1 amide bonds. The number of ether oxygens (including phenoxy) is 1. The molecule has 1 N–H and O–H groups in total. The van der Waals surface area contributed by atoms with Crippen molar-refractivity contribution in [3.05, 3.63) is 47.2 Å². The first-order valence-corrected chi connectivity index (χ1v) is 6.74. The minimum atomic E-state index is -0.502. The van der Waals surface area contributed by atoms with E-state index in [4.69, 9.17) is 16.3 Å². The molecular formula is C14H14ClN3O3. The summed E-state index contributed by atoms with van der Waals surface area (Å²) in [6, 6.07) is 9.19. The molecule has 21 heavy (non-hydrogen) atoms. The van der Waals surface area contributed by atoms with Gasteiger partial charge in [-0.2, -0.15) is 5.10 Å². The number of nitrogens with one attached hydrogen (secondary N) is 1. The fourth-order valence-corrected chi connectivity index (χ4v) is 1.97. The Morgan fingerprint density at radius 1 is 1.33 bits per heavy atom. The number of esters is 1. The van der Waals surface area contributed by atoms with Gasteiger partial charge in [0, 0.05) is 0 Å². The van der Waals surface area contributed by atoms with E-state index in [9.17, 15) is 9.59 Å². The van der Waals surface area contributed by atoms with Gasteiger partial charge in [-0.25, -0.2) is 4.68 Å². The molecule has 0 atom stereocenters. The van der Waals surface area contributed by atoms with Gasteiger partial charge in [-0.3, -0.25) is 9.59 Å². The summed E-state index contributed by atoms with van der Waals surface area (Å²) in [5, 5.41) is 6.70. The number of aromatic nitrogens is 2. The maximum absolute atomic E-state index is 12.0. The lowest BCUT2D eigenvalue weighted by Gasteiger charge is -2.05. The molecule has 7 heteroatoms. The van der Waals surface area contributed by atoms with Gasteiger partial charge >= 0.3 is 5.97 Å². The average Bonchev–Trinajstić information content (AvgIpc) is 2.88. The first-order valence-electron chi connectivity index (χ1n) is 6.36. The number of para-hydroxylation sites is 1. The number of amides is 1. The van der Waals surface area contributed by atoms with Crippen molar-refractivity contribution in [2.24, 2.45) is 0 Å². The van der Waals surface area contributed by atoms with E-state index in [1.54, 1.807) is 6.92 Å². The Kier molecular flexibility index (Phi) is 4.94. The highest BCUT2D eigenvalue weighted by molar-refractivity contribution is 6.33. The highest BCUT2D eigenvalue weighted by Gasteiger charge is 2.17. The minimum Gasteiger partial charge on any atom is -0.465 e. The number of carbonyl (C=O) groups excluding carboxylic acids is 2. The zero-order chi connectivity index (χ0) is 15.2. The van der Waals surface area contributed by atoms with Gasteiger partial charge in [-0.05, 0) is 19.1 Å². The maximum Gasteiger partial charge on any atom is 0.325 e. The Morgan fingerprint density at radius 3 is 2.71 bits per heavy atom. The van der Waals surface area contributed by atoms with Crippen LogP contribution >= 0.6 is 11.6 Å². The highest BCUT2D eigenvalue weighted by Crippen LogP contribution is 2.19. The van der Waals surface area contributed by atoms with E-state index in [2.05, 4.69) is 10.4 Å². The molecule has 2 rings (SSSR count). The second-order valence-corrected chi connectivity index (χ2v) is 4.44. The predicted octanol–water partition coefficient (Wildman–Crippen LogP) is 1.82. The van der Waals surface area contributed by atoms with Crippen LogP contribution < -0.4 is 5.32 Å². The van der Waals surface area contributed by atoms with E-state index in [1.807, 2.05) is 30.3 Å². The Morgan fingerprint density at radius 2 is 2.05 bits per heavy atom. The normalized spacial score (nSPS) is 10.2. The van der Waals surface area contributed by atoms with Gasteiger partial charge in [0.15, 0.2) is 0 Å². The SMILES string of the molecule is CCOC(=O)CNC(=O)c1cnn(-c2ccccc2)c1Cl. The van der Waals surface area contributed by atoms with Gasteiger partial charge in [0.25, 0.3) is 5.91 Å². The lowest BCUT2D eigenvalue weighted by molar-refractivity contribution is -0.141. The molecule has 1 heterocycles. The lowest BCUT2D eigenvalue weighted by atomic mass is 10.3. The summed E-state index contributed by atoms with van der Waals surface area (Å²) in [7, 11) is 0. The van der Waals surface area contributed by atoms with E-state index < -0.39 is 11.9 Å². The van der Waals surface area contributed by atoms with Gasteiger partial charge in [0.2, 0.25) is 0 Å². The molecule has 0 aliphatic rings. The minimum absolute atomic E-state index is 0.183. The molecule has 1 aromatic carbocycles. The summed E-state index contributed by atoms with van der Waals surface area (Å²) in [4.78, 5) is 23.2. The van der Waals surface area contributed by atoms with Crippen molar-refractivity contribution in [2.45, 2.75) is 6.92 Å². The molecule has 0 saturated heterocycles. The van der Waals surface area contributed by atoms with Crippen LogP contribution in [0.3, 0.4) is 0 Å². The topological polar surface area (TPSA) is 73.2 Å². The zero-order valence-corrected chi connectivity index (χ0v) is 12.1. The van der Waals surface area contributed by atoms with E-state index >= 15 is 0 Å². The predicted molar refractivity (Wildman–Crippen MR) is 77.5 cm³/mol. The van der Waals surface area contributed by atoms with Gasteiger partial charge in [-0.1, -0.05) is 29.8 Å². The van der Waals surface area contributed by atoms with E-state index in [0.717, 1.165) is 5.69 Å². The van der Waals surface area contributed by atoms with Crippen LogP contribution in [0.4, 0.5) is 0 Å². The molecule has 0 aliphatic carbocycles. The fraction of sp³-hybridized carbons (Fsp3) is 0.214. The van der Waals surface area contributed by atoms with Gasteiger partial charge in [-0.15, -0.1) is 0 Å². The molecular weight excluding hydrogens is 294 g/mol. The molecule has 110 valence electrons. The molecule has 0 fully saturated rings. The quantitative estimate of drug-likeness (QED) is 0.855. The van der Waals surface area contributed by atoms with Crippen molar-refractivity contribution in [1.29, 1.82) is 0 Å². The molecule has 6 nitrogen and oxygen atoms in total. The largest absolute Gasteiger partial charge is 0.465 e. The standard InChI is InChI=1S/C14H14ClN3O3/c1-2-21-12(19)9-16-14(20)11-8-17-18(13(11)15)10-6-4-3-5-7-10/h3-8H,2,9H2,1H3,(H,16,20). The number of halogens is 1. The fourth-order valence-electron chi connectivity index (χ4n) is 1.69. The van der Waals surface area contributed by atoms with E-state index in [0.29, 0.717) is 0 Å². The molecule has 0 spiro atoms. The van der Waals surface area contributed by atoms with Crippen LogP contribution in [0.25, 0.3) is 5.69 Å². The van der Waals surface area contributed by atoms with Crippen molar-refractivity contribution in [3.63, 3.8) is 0 Å². The second-order valence-electron chi connectivity index (χ2n) is 4.08. The third-order valence-electron chi connectivity index (χ3n) is 2.65. The number of nitrogens with zero attached hydrogens (tertiary/aromatic N) is 2. The molecule has 0 radical (unpaired) electrons. The molecule has 2 aromatic rings. The van der Waals surface area contributed by atoms with Crippen LogP contribution in [-0.2, 0) is 9.53 Å². The summed E-state index contributed by atoms with van der Waals surface area (Å²) < 4.78 is 6.17. The van der Waals surface area contributed by atoms with E-state index in [1.165, 1.54) is 10.9 Å². The molecule has 0 unspecified atom stereocenters. The first-order chi connectivity index (χ1) is 10.1. The van der Waals surface area contributed by atoms with Crippen LogP contribution in [0, 0.1) is 0 Å². The van der Waals surface area contributed by atoms with E-state index in [-0.39, 0.29) is 23.9 Å². The Hall–Kier alpha value is -2.34. The third kappa shape index (κ3) is 3.61. The number of rotatable bonds is 5. The number of benzene rings is 1. The van der Waals surface area contributed by atoms with Crippen molar-refractivity contribution < 1.29 is 14.3 Å². The number of carbonyl (C=O) groups is 2. The number of hydrogen-bond donors (Lipinski definition) is 1. The summed E-state index contributed by atoms with van der Waals surface area (Å²) in [6.07, 6.45) is 1.36. The Labute approximate surface area is 126 Å². The van der Waals surface area contributed by atoms with Crippen LogP contribution in [-0.4, -0.2) is 34.8 Å². The van der Waals surface area contributed by atoms with Gasteiger partial charge in [0.05, 0.1) is 24.1 Å². The highest BCUT2D eigenvalue weighted by atomic mass is 35.5. The van der Waals surface area contributed by atoms with Crippen molar-refractivity contribution in [3.8, 4) is 5.69 Å². The Bertz CT molecular complexity index is 640. The number of hydrogen-bond acceptors (Lipinski definition) is 4. The first kappa shape index (κ1) is 15.1. The van der Waals surface area contributed by atoms with Gasteiger partial charge in [0.1, 0.15) is 11.7 Å². The monoisotopic (exact) mass is 307 g/mol. The van der Waals surface area contributed by atoms with Crippen LogP contribution in [0.15, 0.2) is 36.5 Å². The average molecular weight is 308 g/mol. The molecule has 0 bridgehead atoms. The van der Waals surface area contributed by atoms with Crippen LogP contribution in [0.1, 0.15) is 17.3 Å². The van der Waals surface area contributed by atoms with Gasteiger partial charge < -0.3 is 10.1 Å². The van der Waals surface area contributed by atoms with Crippen LogP contribution in [0.2, 0.25) is 5.15 Å². The van der Waals surface area contributed by atoms with Crippen molar-refractivity contribution >= 4 is 23.5 Å². The molecule has 0 saturated carbocycles. The maximum atomic E-state index is 12.0. The molecule has 0 aliphatic heterocycles. The summed E-state index contributed by atoms with van der Waals surface area (Å²) in [5.41, 5.74) is 0.941. The summed E-state index contributed by atoms with van der Waals surface area (Å²) in [5.74, 6) is -0.979. The van der Waals surface area contributed by atoms with Crippen LogP contribution in [0.5, 0.6) is 0 Å². The second kappa shape index (κ2) is 6.90. The zero-order valence-electron chi connectivity index (χ0n) is 11.4. The Balaban J connectivity index is 2.10. The molecule has 1 aromatic heterocycles. The van der Waals surface area contributed by atoms with Crippen molar-refractivity contribution in [2.75, 3.05) is 13.2 Å². The summed E-state index contributed by atoms with van der Waals surface area (Å²) >= 11 is 6.15. The smallest absolute Gasteiger partial charge is 0.325 e.